The smallest absolute Gasteiger partial charge is 0.257 e. The van der Waals surface area contributed by atoms with Crippen LogP contribution in [0.3, 0.4) is 0 Å². The summed E-state index contributed by atoms with van der Waals surface area (Å²) in [6.07, 6.45) is 9.68. The van der Waals surface area contributed by atoms with Gasteiger partial charge in [-0.2, -0.15) is 0 Å². The number of rotatable bonds is 4. The maximum absolute atomic E-state index is 12.8. The van der Waals surface area contributed by atoms with Crippen LogP contribution in [-0.4, -0.2) is 38.9 Å². The van der Waals surface area contributed by atoms with Gasteiger partial charge in [0.1, 0.15) is 5.76 Å². The van der Waals surface area contributed by atoms with Crippen LogP contribution in [0.15, 0.2) is 29.1 Å². The Morgan fingerprint density at radius 1 is 1.36 bits per heavy atom. The molecule has 3 heterocycles. The molecule has 1 saturated carbocycles. The predicted octanol–water partition coefficient (Wildman–Crippen LogP) is 2.30. The van der Waals surface area contributed by atoms with Gasteiger partial charge in [-0.3, -0.25) is 9.48 Å². The molecule has 0 unspecified atom stereocenters. The molecule has 2 aromatic heterocycles. The predicted molar refractivity (Wildman–Crippen MR) is 79.3 cm³/mol. The zero-order valence-corrected chi connectivity index (χ0v) is 12.5. The summed E-state index contributed by atoms with van der Waals surface area (Å²) in [5, 5.41) is 7.86. The van der Waals surface area contributed by atoms with E-state index in [4.69, 9.17) is 4.42 Å². The number of piperidine rings is 1. The van der Waals surface area contributed by atoms with Crippen LogP contribution in [0.5, 0.6) is 0 Å². The zero-order valence-electron chi connectivity index (χ0n) is 12.5. The summed E-state index contributed by atoms with van der Waals surface area (Å²) in [6, 6.07) is 1.83. The molecule has 1 amide bonds. The van der Waals surface area contributed by atoms with Crippen LogP contribution in [0, 0.1) is 5.92 Å². The summed E-state index contributed by atoms with van der Waals surface area (Å²) < 4.78 is 7.40. The lowest BCUT2D eigenvalue weighted by Gasteiger charge is -2.32. The number of carbonyl (C=O) groups excluding carboxylic acids is 1. The average Bonchev–Trinajstić information content (AvgIpc) is 3.05. The molecule has 0 spiro atoms. The van der Waals surface area contributed by atoms with Crippen molar-refractivity contribution in [2.75, 3.05) is 13.1 Å². The van der Waals surface area contributed by atoms with E-state index < -0.39 is 0 Å². The Labute approximate surface area is 129 Å². The minimum absolute atomic E-state index is 0.124. The second kappa shape index (κ2) is 5.59. The number of hydrogen-bond donors (Lipinski definition) is 0. The van der Waals surface area contributed by atoms with Gasteiger partial charge in [-0.15, -0.1) is 5.10 Å². The number of aromatic nitrogens is 3. The van der Waals surface area contributed by atoms with Gasteiger partial charge < -0.3 is 9.32 Å². The molecule has 2 aliphatic rings. The highest BCUT2D eigenvalue weighted by Crippen LogP contribution is 2.42. The third-order valence-electron chi connectivity index (χ3n) is 4.60. The summed E-state index contributed by atoms with van der Waals surface area (Å²) >= 11 is 0. The Balaban J connectivity index is 1.45. The van der Waals surface area contributed by atoms with Gasteiger partial charge in [-0.1, -0.05) is 5.21 Å². The second-order valence-corrected chi connectivity index (χ2v) is 6.36. The molecule has 6 nitrogen and oxygen atoms in total. The Kier molecular flexibility index (Phi) is 3.44. The number of furan rings is 1. The topological polar surface area (TPSA) is 64.2 Å². The number of hydrogen-bond acceptors (Lipinski definition) is 4. The lowest BCUT2D eigenvalue weighted by molar-refractivity contribution is 0.0657. The number of likely N-dealkylation sites (tertiary alicyclic amines) is 1. The molecule has 0 aromatic carbocycles. The highest BCUT2D eigenvalue weighted by Gasteiger charge is 2.33. The first-order valence-corrected chi connectivity index (χ1v) is 8.02. The van der Waals surface area contributed by atoms with Crippen LogP contribution < -0.4 is 0 Å². The van der Waals surface area contributed by atoms with Crippen molar-refractivity contribution in [2.45, 2.75) is 38.1 Å². The number of nitrogens with zero attached hydrogens (tertiary/aromatic N) is 4. The maximum Gasteiger partial charge on any atom is 0.257 e. The normalized spacial score (nSPS) is 22.0. The van der Waals surface area contributed by atoms with Crippen molar-refractivity contribution < 1.29 is 9.21 Å². The van der Waals surface area contributed by atoms with Crippen molar-refractivity contribution in [3.05, 3.63) is 36.0 Å². The summed E-state index contributed by atoms with van der Waals surface area (Å²) in [7, 11) is 0. The molecule has 0 radical (unpaired) electrons. The fourth-order valence-corrected chi connectivity index (χ4v) is 3.32. The Morgan fingerprint density at radius 3 is 3.05 bits per heavy atom. The first-order valence-electron chi connectivity index (χ1n) is 8.02. The van der Waals surface area contributed by atoms with Gasteiger partial charge >= 0.3 is 0 Å². The summed E-state index contributed by atoms with van der Waals surface area (Å²) in [6.45, 7) is 2.45. The molecule has 2 fully saturated rings. The van der Waals surface area contributed by atoms with Gasteiger partial charge in [-0.25, -0.2) is 0 Å². The molecular weight excluding hydrogens is 280 g/mol. The van der Waals surface area contributed by atoms with Crippen molar-refractivity contribution in [3.63, 3.8) is 0 Å². The molecule has 2 aromatic rings. The van der Waals surface area contributed by atoms with Gasteiger partial charge in [0.05, 0.1) is 18.0 Å². The van der Waals surface area contributed by atoms with Crippen LogP contribution in [0.2, 0.25) is 0 Å². The van der Waals surface area contributed by atoms with Crippen LogP contribution in [-0.2, 0) is 6.54 Å². The summed E-state index contributed by atoms with van der Waals surface area (Å²) in [5.74, 6) is 1.92. The lowest BCUT2D eigenvalue weighted by Crippen LogP contribution is -2.41. The monoisotopic (exact) mass is 300 g/mol. The van der Waals surface area contributed by atoms with E-state index in [1.165, 1.54) is 0 Å². The van der Waals surface area contributed by atoms with E-state index >= 15 is 0 Å². The van der Waals surface area contributed by atoms with Crippen LogP contribution >= 0.6 is 0 Å². The third-order valence-corrected chi connectivity index (χ3v) is 4.60. The molecule has 0 bridgehead atoms. The fourth-order valence-electron chi connectivity index (χ4n) is 3.32. The van der Waals surface area contributed by atoms with Crippen LogP contribution in [0.1, 0.15) is 47.7 Å². The fraction of sp³-hybridized carbons (Fsp3) is 0.562. The first-order chi connectivity index (χ1) is 10.8. The highest BCUT2D eigenvalue weighted by molar-refractivity contribution is 5.95. The van der Waals surface area contributed by atoms with E-state index in [2.05, 4.69) is 10.3 Å². The van der Waals surface area contributed by atoms with E-state index in [1.807, 2.05) is 21.8 Å². The van der Waals surface area contributed by atoms with Gasteiger partial charge in [0.15, 0.2) is 0 Å². The number of amides is 1. The molecule has 1 aliphatic carbocycles. The van der Waals surface area contributed by atoms with Crippen LogP contribution in [0.25, 0.3) is 0 Å². The van der Waals surface area contributed by atoms with Gasteiger partial charge in [0.25, 0.3) is 5.91 Å². The SMILES string of the molecule is O=C(c1ccoc1C1CC1)N1CCC[C@@H](Cn2ccnn2)C1. The molecule has 22 heavy (non-hydrogen) atoms. The molecular formula is C16H20N4O2. The van der Waals surface area contributed by atoms with E-state index in [-0.39, 0.29) is 5.91 Å². The van der Waals surface area contributed by atoms with Gasteiger partial charge in [0, 0.05) is 31.7 Å². The van der Waals surface area contributed by atoms with Crippen LogP contribution in [0.4, 0.5) is 0 Å². The van der Waals surface area contributed by atoms with Crippen molar-refractivity contribution in [1.82, 2.24) is 19.9 Å². The van der Waals surface area contributed by atoms with Crippen molar-refractivity contribution in [1.29, 1.82) is 0 Å². The molecule has 1 saturated heterocycles. The van der Waals surface area contributed by atoms with E-state index in [0.29, 0.717) is 11.8 Å². The average molecular weight is 300 g/mol. The third kappa shape index (κ3) is 2.65. The van der Waals surface area contributed by atoms with E-state index in [9.17, 15) is 4.79 Å². The Morgan fingerprint density at radius 2 is 2.27 bits per heavy atom. The minimum atomic E-state index is 0.124. The van der Waals surface area contributed by atoms with E-state index in [0.717, 1.165) is 56.6 Å². The molecule has 6 heteroatoms. The molecule has 1 atom stereocenters. The Bertz CT molecular complexity index is 645. The summed E-state index contributed by atoms with van der Waals surface area (Å²) in [5.41, 5.74) is 0.768. The van der Waals surface area contributed by atoms with Crippen molar-refractivity contribution in [2.24, 2.45) is 5.92 Å². The lowest BCUT2D eigenvalue weighted by atomic mass is 9.97. The largest absolute Gasteiger partial charge is 0.468 e. The van der Waals surface area contributed by atoms with Crippen molar-refractivity contribution >= 4 is 5.91 Å². The maximum atomic E-state index is 12.8. The second-order valence-electron chi connectivity index (χ2n) is 6.36. The highest BCUT2D eigenvalue weighted by atomic mass is 16.3. The number of carbonyl (C=O) groups is 1. The Hall–Kier alpha value is -2.11. The summed E-state index contributed by atoms with van der Waals surface area (Å²) in [4.78, 5) is 14.8. The minimum Gasteiger partial charge on any atom is -0.468 e. The molecule has 4 rings (SSSR count). The first kappa shape index (κ1) is 13.5. The van der Waals surface area contributed by atoms with Gasteiger partial charge in [0.2, 0.25) is 0 Å². The van der Waals surface area contributed by atoms with Crippen molar-refractivity contribution in [3.8, 4) is 0 Å². The van der Waals surface area contributed by atoms with Gasteiger partial charge in [-0.05, 0) is 37.7 Å². The van der Waals surface area contributed by atoms with E-state index in [1.54, 1.807) is 12.5 Å². The zero-order chi connectivity index (χ0) is 14.9. The quantitative estimate of drug-likeness (QED) is 0.869. The standard InChI is InChI=1S/C16H20N4O2/c21-16(14-5-9-22-15(14)13-3-4-13)19-7-1-2-12(10-19)11-20-8-6-17-18-20/h5-6,8-9,12-13H,1-4,7,10-11H2/t12-/m1/s1. The molecule has 0 N–H and O–H groups in total. The molecule has 1 aliphatic heterocycles. The molecule has 116 valence electrons.